The molecule has 0 aromatic heterocycles. The van der Waals surface area contributed by atoms with E-state index in [1.165, 1.54) is 5.56 Å². The molecule has 3 aromatic carbocycles. The number of carbonyl (C=O) groups excluding carboxylic acids is 1. The molecule has 136 valence electrons. The summed E-state index contributed by atoms with van der Waals surface area (Å²) in [5.74, 6) is 0.0697. The molecule has 3 aromatic rings. The highest BCUT2D eigenvalue weighted by Gasteiger charge is 2.11. The number of nitrogens with zero attached hydrogens (tertiary/aromatic N) is 1. The quantitative estimate of drug-likeness (QED) is 0.411. The highest BCUT2D eigenvalue weighted by atomic mass is 16.1. The second kappa shape index (κ2) is 8.61. The summed E-state index contributed by atoms with van der Waals surface area (Å²) in [5.41, 5.74) is 6.02. The molecule has 0 fully saturated rings. The smallest absolute Gasteiger partial charge is 0.193 e. The Balaban J connectivity index is 1.74. The number of benzene rings is 3. The van der Waals surface area contributed by atoms with Crippen LogP contribution in [0.1, 0.15) is 27.0 Å². The summed E-state index contributed by atoms with van der Waals surface area (Å²) >= 11 is 0. The van der Waals surface area contributed by atoms with Crippen LogP contribution in [-0.2, 0) is 6.54 Å². The van der Waals surface area contributed by atoms with Crippen molar-refractivity contribution in [3.8, 4) is 11.1 Å². The minimum Gasteiger partial charge on any atom is -0.298 e. The average Bonchev–Trinajstić information content (AvgIpc) is 2.69. The number of ketones is 1. The molecule has 0 atom stereocenters. The van der Waals surface area contributed by atoms with Gasteiger partial charge in [-0.25, -0.2) is 0 Å². The van der Waals surface area contributed by atoms with E-state index in [1.807, 2.05) is 61.5 Å². The maximum Gasteiger partial charge on any atom is 0.193 e. The molecule has 2 nitrogen and oxygen atoms in total. The van der Waals surface area contributed by atoms with Gasteiger partial charge in [0.1, 0.15) is 0 Å². The number of hydrogen-bond acceptors (Lipinski definition) is 2. The van der Waals surface area contributed by atoms with Crippen LogP contribution in [0, 0.1) is 6.92 Å². The van der Waals surface area contributed by atoms with Crippen LogP contribution in [0.5, 0.6) is 0 Å². The maximum atomic E-state index is 12.7. The Morgan fingerprint density at radius 1 is 0.926 bits per heavy atom. The predicted molar refractivity (Wildman–Crippen MR) is 113 cm³/mol. The van der Waals surface area contributed by atoms with Crippen molar-refractivity contribution in [2.24, 2.45) is 0 Å². The average molecular weight is 355 g/mol. The zero-order valence-corrected chi connectivity index (χ0v) is 16.0. The van der Waals surface area contributed by atoms with Gasteiger partial charge in [-0.1, -0.05) is 78.9 Å². The normalized spacial score (nSPS) is 10.8. The van der Waals surface area contributed by atoms with Crippen molar-refractivity contribution < 1.29 is 4.79 Å². The molecule has 0 saturated carbocycles. The fourth-order valence-corrected chi connectivity index (χ4v) is 3.20. The molecule has 3 rings (SSSR count). The summed E-state index contributed by atoms with van der Waals surface area (Å²) in [6.07, 6.45) is 1.91. The van der Waals surface area contributed by atoms with Crippen molar-refractivity contribution in [3.63, 3.8) is 0 Å². The van der Waals surface area contributed by atoms with Crippen molar-refractivity contribution in [3.05, 3.63) is 108 Å². The lowest BCUT2D eigenvalue weighted by molar-refractivity contribution is 0.103. The molecular formula is C25H25NO. The zero-order chi connectivity index (χ0) is 19.2. The molecule has 0 N–H and O–H groups in total. The van der Waals surface area contributed by atoms with Crippen LogP contribution >= 0.6 is 0 Å². The van der Waals surface area contributed by atoms with Crippen LogP contribution in [-0.4, -0.2) is 24.3 Å². The summed E-state index contributed by atoms with van der Waals surface area (Å²) in [5, 5.41) is 0. The largest absolute Gasteiger partial charge is 0.298 e. The Hall–Kier alpha value is -2.97. The van der Waals surface area contributed by atoms with Gasteiger partial charge in [0, 0.05) is 24.2 Å². The van der Waals surface area contributed by atoms with Gasteiger partial charge in [-0.15, -0.1) is 6.58 Å². The molecule has 2 heteroatoms. The minimum absolute atomic E-state index is 0.0697. The van der Waals surface area contributed by atoms with Crippen molar-refractivity contribution in [1.82, 2.24) is 4.90 Å². The Labute approximate surface area is 161 Å². The van der Waals surface area contributed by atoms with Gasteiger partial charge in [0.15, 0.2) is 5.78 Å². The lowest BCUT2D eigenvalue weighted by Crippen LogP contribution is -2.17. The van der Waals surface area contributed by atoms with Crippen molar-refractivity contribution in [1.29, 1.82) is 0 Å². The van der Waals surface area contributed by atoms with E-state index < -0.39 is 0 Å². The van der Waals surface area contributed by atoms with Gasteiger partial charge in [0.05, 0.1) is 0 Å². The van der Waals surface area contributed by atoms with Gasteiger partial charge in [0.2, 0.25) is 0 Å². The Morgan fingerprint density at radius 2 is 1.52 bits per heavy atom. The van der Waals surface area contributed by atoms with Crippen LogP contribution < -0.4 is 0 Å². The van der Waals surface area contributed by atoms with Crippen molar-refractivity contribution in [2.45, 2.75) is 13.5 Å². The third kappa shape index (κ3) is 4.60. The second-order valence-corrected chi connectivity index (χ2v) is 6.90. The zero-order valence-electron chi connectivity index (χ0n) is 16.0. The number of carbonyl (C=O) groups is 1. The van der Waals surface area contributed by atoms with E-state index in [-0.39, 0.29) is 5.78 Å². The molecule has 0 heterocycles. The molecule has 0 saturated heterocycles. The van der Waals surface area contributed by atoms with E-state index >= 15 is 0 Å². The van der Waals surface area contributed by atoms with Crippen LogP contribution in [0.25, 0.3) is 11.1 Å². The van der Waals surface area contributed by atoms with Gasteiger partial charge < -0.3 is 0 Å². The number of likely N-dealkylation sites (N-methyl/N-ethyl adjacent to an activating group) is 1. The first-order valence-corrected chi connectivity index (χ1v) is 9.17. The first-order chi connectivity index (χ1) is 13.1. The van der Waals surface area contributed by atoms with E-state index in [4.69, 9.17) is 0 Å². The fraction of sp³-hybridized carbons (Fsp3) is 0.160. The number of aryl methyl sites for hydroxylation is 1. The van der Waals surface area contributed by atoms with Crippen LogP contribution in [0.3, 0.4) is 0 Å². The van der Waals surface area contributed by atoms with Gasteiger partial charge in [-0.2, -0.15) is 0 Å². The summed E-state index contributed by atoms with van der Waals surface area (Å²) in [4.78, 5) is 14.9. The lowest BCUT2D eigenvalue weighted by atomic mass is 9.97. The molecule has 0 spiro atoms. The maximum absolute atomic E-state index is 12.7. The minimum atomic E-state index is 0.0697. The molecule has 0 aliphatic carbocycles. The van der Waals surface area contributed by atoms with E-state index in [2.05, 4.69) is 42.8 Å². The van der Waals surface area contributed by atoms with E-state index in [0.717, 1.165) is 40.9 Å². The van der Waals surface area contributed by atoms with Crippen molar-refractivity contribution in [2.75, 3.05) is 13.6 Å². The topological polar surface area (TPSA) is 20.3 Å². The fourth-order valence-electron chi connectivity index (χ4n) is 3.20. The molecule has 0 radical (unpaired) electrons. The molecule has 0 unspecified atom stereocenters. The van der Waals surface area contributed by atoms with Gasteiger partial charge >= 0.3 is 0 Å². The Kier molecular flexibility index (Phi) is 6.00. The standard InChI is InChI=1S/C25H25NO/c1-4-17-26(3)18-20-9-11-21(12-10-20)22-13-15-23(16-14-22)25(27)24-8-6-5-7-19(24)2/h4-16H,1,17-18H2,2-3H3. The molecule has 0 bridgehead atoms. The van der Waals surface area contributed by atoms with E-state index in [1.54, 1.807) is 0 Å². The first kappa shape index (κ1) is 18.8. The summed E-state index contributed by atoms with van der Waals surface area (Å²) in [6, 6.07) is 24.1. The highest BCUT2D eigenvalue weighted by Crippen LogP contribution is 2.22. The summed E-state index contributed by atoms with van der Waals surface area (Å²) in [7, 11) is 2.08. The Bertz CT molecular complexity index is 923. The van der Waals surface area contributed by atoms with Gasteiger partial charge in [-0.3, -0.25) is 9.69 Å². The number of hydrogen-bond donors (Lipinski definition) is 0. The van der Waals surface area contributed by atoms with Crippen LogP contribution in [0.15, 0.2) is 85.5 Å². The first-order valence-electron chi connectivity index (χ1n) is 9.17. The monoisotopic (exact) mass is 355 g/mol. The van der Waals surface area contributed by atoms with E-state index in [9.17, 15) is 4.79 Å². The SMILES string of the molecule is C=CCN(C)Cc1ccc(-c2ccc(C(=O)c3ccccc3C)cc2)cc1. The molecule has 0 aliphatic rings. The lowest BCUT2D eigenvalue weighted by Gasteiger charge is -2.14. The third-order valence-electron chi connectivity index (χ3n) is 4.72. The molecule has 27 heavy (non-hydrogen) atoms. The number of rotatable bonds is 7. The Morgan fingerprint density at radius 3 is 2.11 bits per heavy atom. The van der Waals surface area contributed by atoms with Crippen LogP contribution in [0.2, 0.25) is 0 Å². The third-order valence-corrected chi connectivity index (χ3v) is 4.72. The van der Waals surface area contributed by atoms with Gasteiger partial charge in [0.25, 0.3) is 0 Å². The van der Waals surface area contributed by atoms with Crippen LogP contribution in [0.4, 0.5) is 0 Å². The second-order valence-electron chi connectivity index (χ2n) is 6.90. The molecular weight excluding hydrogens is 330 g/mol. The molecule has 0 amide bonds. The van der Waals surface area contributed by atoms with Gasteiger partial charge in [-0.05, 0) is 36.2 Å². The summed E-state index contributed by atoms with van der Waals surface area (Å²) < 4.78 is 0. The summed E-state index contributed by atoms with van der Waals surface area (Å²) in [6.45, 7) is 7.51. The highest BCUT2D eigenvalue weighted by molar-refractivity contribution is 6.10. The molecule has 0 aliphatic heterocycles. The predicted octanol–water partition coefficient (Wildman–Crippen LogP) is 5.51. The van der Waals surface area contributed by atoms with E-state index in [0.29, 0.717) is 0 Å². The van der Waals surface area contributed by atoms with Crippen molar-refractivity contribution >= 4 is 5.78 Å².